The maximum atomic E-state index is 11.8. The number of phenolic OH excluding ortho intramolecular Hbond substituents is 1. The van der Waals surface area contributed by atoms with Crippen molar-refractivity contribution < 1.29 is 19.4 Å². The molecule has 0 saturated heterocycles. The Morgan fingerprint density at radius 1 is 1.33 bits per heavy atom. The van der Waals surface area contributed by atoms with E-state index in [9.17, 15) is 9.59 Å². The fourth-order valence-corrected chi connectivity index (χ4v) is 2.27. The molecular weight excluding hydrogens is 334 g/mol. The molecule has 1 aromatic carbocycles. The van der Waals surface area contributed by atoms with Gasteiger partial charge in [-0.1, -0.05) is 11.3 Å². The maximum Gasteiger partial charge on any atom is 0.413 e. The first-order valence-electron chi connectivity index (χ1n) is 6.94. The van der Waals surface area contributed by atoms with Crippen LogP contribution in [0.15, 0.2) is 29.4 Å². The lowest BCUT2D eigenvalue weighted by Gasteiger charge is -1.99. The van der Waals surface area contributed by atoms with Gasteiger partial charge in [0.15, 0.2) is 0 Å². The molecule has 0 atom stereocenters. The summed E-state index contributed by atoms with van der Waals surface area (Å²) in [7, 11) is 0. The van der Waals surface area contributed by atoms with E-state index >= 15 is 0 Å². The van der Waals surface area contributed by atoms with Crippen LogP contribution in [0.3, 0.4) is 0 Å². The number of hydrazone groups is 1. The summed E-state index contributed by atoms with van der Waals surface area (Å²) in [4.78, 5) is 23.0. The second-order valence-corrected chi connectivity index (χ2v) is 5.47. The molecule has 126 valence electrons. The van der Waals surface area contributed by atoms with Crippen molar-refractivity contribution in [3.8, 4) is 5.75 Å². The van der Waals surface area contributed by atoms with Crippen LogP contribution in [0.5, 0.6) is 5.75 Å². The molecule has 1 aromatic heterocycles. The minimum absolute atomic E-state index is 0.0188. The number of phenols is 1. The SMILES string of the molecule is CCOC(=O)Nc1nnc(CC(=O)N/N=C\c2ccc(O)cc2)s1. The van der Waals surface area contributed by atoms with Crippen molar-refractivity contribution in [3.63, 3.8) is 0 Å². The molecule has 9 nitrogen and oxygen atoms in total. The summed E-state index contributed by atoms with van der Waals surface area (Å²) < 4.78 is 4.71. The van der Waals surface area contributed by atoms with Crippen LogP contribution < -0.4 is 10.7 Å². The Balaban J connectivity index is 1.81. The zero-order valence-electron chi connectivity index (χ0n) is 12.7. The van der Waals surface area contributed by atoms with Crippen molar-refractivity contribution >= 4 is 34.7 Å². The third-order valence-corrected chi connectivity index (χ3v) is 3.40. The van der Waals surface area contributed by atoms with E-state index in [0.717, 1.165) is 16.9 Å². The zero-order chi connectivity index (χ0) is 17.4. The average molecular weight is 349 g/mol. The molecule has 0 radical (unpaired) electrons. The maximum absolute atomic E-state index is 11.8. The number of benzene rings is 1. The lowest BCUT2D eigenvalue weighted by Crippen LogP contribution is -2.19. The third kappa shape index (κ3) is 5.65. The van der Waals surface area contributed by atoms with Gasteiger partial charge in [-0.05, 0) is 36.8 Å². The summed E-state index contributed by atoms with van der Waals surface area (Å²) in [6.45, 7) is 1.94. The first kappa shape index (κ1) is 17.3. The number of aromatic hydroxyl groups is 1. The van der Waals surface area contributed by atoms with E-state index in [4.69, 9.17) is 9.84 Å². The average Bonchev–Trinajstić information content (AvgIpc) is 2.96. The molecule has 24 heavy (non-hydrogen) atoms. The molecule has 0 aliphatic heterocycles. The van der Waals surface area contributed by atoms with Crippen molar-refractivity contribution in [2.75, 3.05) is 11.9 Å². The van der Waals surface area contributed by atoms with Gasteiger partial charge in [-0.2, -0.15) is 5.10 Å². The molecule has 2 aromatic rings. The molecule has 1 heterocycles. The van der Waals surface area contributed by atoms with Crippen molar-refractivity contribution in [1.29, 1.82) is 0 Å². The van der Waals surface area contributed by atoms with E-state index in [-0.39, 0.29) is 29.8 Å². The number of nitrogens with zero attached hydrogens (tertiary/aromatic N) is 3. The molecule has 10 heteroatoms. The number of nitrogens with one attached hydrogen (secondary N) is 2. The highest BCUT2D eigenvalue weighted by molar-refractivity contribution is 7.15. The molecule has 0 fully saturated rings. The van der Waals surface area contributed by atoms with Crippen LogP contribution in [0.1, 0.15) is 17.5 Å². The van der Waals surface area contributed by atoms with Gasteiger partial charge in [0.05, 0.1) is 19.2 Å². The summed E-state index contributed by atoms with van der Waals surface area (Å²) in [5.41, 5.74) is 3.09. The van der Waals surface area contributed by atoms with Gasteiger partial charge in [-0.15, -0.1) is 10.2 Å². The van der Waals surface area contributed by atoms with Crippen molar-refractivity contribution in [1.82, 2.24) is 15.6 Å². The standard InChI is InChI=1S/C14H15N5O4S/c1-2-23-14(22)16-13-19-18-12(24-13)7-11(21)17-15-8-9-3-5-10(20)6-4-9/h3-6,8,20H,2,7H2,1H3,(H,17,21)(H,16,19,22)/b15-8-. The van der Waals surface area contributed by atoms with Gasteiger partial charge in [0.25, 0.3) is 0 Å². The van der Waals surface area contributed by atoms with Crippen molar-refractivity contribution in [2.24, 2.45) is 5.10 Å². The van der Waals surface area contributed by atoms with E-state index in [1.807, 2.05) is 0 Å². The fourth-order valence-electron chi connectivity index (χ4n) is 1.55. The number of hydrogen-bond donors (Lipinski definition) is 3. The number of carbonyl (C=O) groups excluding carboxylic acids is 2. The topological polar surface area (TPSA) is 126 Å². The van der Waals surface area contributed by atoms with Gasteiger partial charge in [-0.3, -0.25) is 10.1 Å². The van der Waals surface area contributed by atoms with Crippen LogP contribution in [0, 0.1) is 0 Å². The fraction of sp³-hybridized carbons (Fsp3) is 0.214. The van der Waals surface area contributed by atoms with Gasteiger partial charge < -0.3 is 9.84 Å². The highest BCUT2D eigenvalue weighted by Crippen LogP contribution is 2.15. The Kier molecular flexibility index (Phi) is 6.20. The molecular formula is C14H15N5O4S. The molecule has 0 unspecified atom stereocenters. The summed E-state index contributed by atoms with van der Waals surface area (Å²) in [5, 5.41) is 23.6. The summed E-state index contributed by atoms with van der Waals surface area (Å²) >= 11 is 1.07. The monoisotopic (exact) mass is 349 g/mol. The van der Waals surface area contributed by atoms with Gasteiger partial charge in [-0.25, -0.2) is 10.2 Å². The lowest BCUT2D eigenvalue weighted by molar-refractivity contribution is -0.120. The van der Waals surface area contributed by atoms with Crippen molar-refractivity contribution in [2.45, 2.75) is 13.3 Å². The second-order valence-electron chi connectivity index (χ2n) is 4.41. The minimum atomic E-state index is -0.622. The van der Waals surface area contributed by atoms with E-state index in [2.05, 4.69) is 26.0 Å². The second kappa shape index (κ2) is 8.58. The number of carbonyl (C=O) groups is 2. The van der Waals surface area contributed by atoms with Crippen molar-refractivity contribution in [3.05, 3.63) is 34.8 Å². The Morgan fingerprint density at radius 2 is 2.08 bits per heavy atom. The van der Waals surface area contributed by atoms with Gasteiger partial charge in [0, 0.05) is 0 Å². The molecule has 0 bridgehead atoms. The minimum Gasteiger partial charge on any atom is -0.508 e. The van der Waals surface area contributed by atoms with E-state index in [0.29, 0.717) is 5.01 Å². The van der Waals surface area contributed by atoms with Crippen LogP contribution in [-0.4, -0.2) is 40.1 Å². The Morgan fingerprint density at radius 3 is 2.79 bits per heavy atom. The van der Waals surface area contributed by atoms with Crippen LogP contribution in [0.2, 0.25) is 0 Å². The van der Waals surface area contributed by atoms with Gasteiger partial charge in [0.2, 0.25) is 11.0 Å². The quantitative estimate of drug-likeness (QED) is 0.536. The zero-order valence-corrected chi connectivity index (χ0v) is 13.5. The van der Waals surface area contributed by atoms with Crippen LogP contribution in [0.25, 0.3) is 0 Å². The Bertz CT molecular complexity index is 729. The van der Waals surface area contributed by atoms with Crippen LogP contribution in [0.4, 0.5) is 9.93 Å². The predicted molar refractivity (Wildman–Crippen MR) is 88.1 cm³/mol. The molecule has 3 N–H and O–H groups in total. The number of ether oxygens (including phenoxy) is 1. The number of anilines is 1. The lowest BCUT2D eigenvalue weighted by atomic mass is 10.2. The molecule has 0 saturated carbocycles. The predicted octanol–water partition coefficient (Wildman–Crippen LogP) is 1.50. The normalized spacial score (nSPS) is 10.5. The van der Waals surface area contributed by atoms with E-state index in [1.165, 1.54) is 18.3 Å². The number of amides is 2. The first-order chi connectivity index (χ1) is 11.6. The smallest absolute Gasteiger partial charge is 0.413 e. The van der Waals surface area contributed by atoms with E-state index < -0.39 is 6.09 Å². The largest absolute Gasteiger partial charge is 0.508 e. The summed E-state index contributed by atoms with van der Waals surface area (Å²) in [6.07, 6.45) is 0.809. The van der Waals surface area contributed by atoms with Crippen LogP contribution in [-0.2, 0) is 16.0 Å². The highest BCUT2D eigenvalue weighted by atomic mass is 32.1. The van der Waals surface area contributed by atoms with E-state index in [1.54, 1.807) is 19.1 Å². The number of hydrogen-bond acceptors (Lipinski definition) is 8. The Hall–Kier alpha value is -3.01. The van der Waals surface area contributed by atoms with Gasteiger partial charge >= 0.3 is 6.09 Å². The third-order valence-electron chi connectivity index (χ3n) is 2.56. The summed E-state index contributed by atoms with van der Waals surface area (Å²) in [6, 6.07) is 6.34. The summed E-state index contributed by atoms with van der Waals surface area (Å²) in [5.74, 6) is -0.219. The molecule has 0 spiro atoms. The number of rotatable bonds is 6. The first-order valence-corrected chi connectivity index (χ1v) is 7.75. The highest BCUT2D eigenvalue weighted by Gasteiger charge is 2.11. The Labute approximate surface area is 141 Å². The molecule has 0 aliphatic carbocycles. The molecule has 2 amide bonds. The van der Waals surface area contributed by atoms with Gasteiger partial charge in [0.1, 0.15) is 10.8 Å². The molecule has 0 aliphatic rings. The van der Waals surface area contributed by atoms with Crippen LogP contribution >= 0.6 is 11.3 Å². The molecule has 2 rings (SSSR count). The number of aromatic nitrogens is 2.